The van der Waals surface area contributed by atoms with Gasteiger partial charge < -0.3 is 19.9 Å². The van der Waals surface area contributed by atoms with Gasteiger partial charge in [-0.25, -0.2) is 13.6 Å². The number of nitrogens with two attached hydrogens (primary N) is 1. The van der Waals surface area contributed by atoms with Crippen molar-refractivity contribution < 1.29 is 27.6 Å². The summed E-state index contributed by atoms with van der Waals surface area (Å²) in [5, 5.41) is 3.38. The minimum atomic E-state index is -3.14. The molecule has 2 rings (SSSR count). The molecule has 0 aliphatic carbocycles. The van der Waals surface area contributed by atoms with E-state index < -0.39 is 41.8 Å². The van der Waals surface area contributed by atoms with Crippen LogP contribution in [0.25, 0.3) is 0 Å². The fourth-order valence-corrected chi connectivity index (χ4v) is 2.14. The molecule has 1 aromatic rings. The molecule has 128 valence electrons. The molecule has 0 aromatic carbocycles. The van der Waals surface area contributed by atoms with Crippen LogP contribution in [0.15, 0.2) is 4.52 Å². The summed E-state index contributed by atoms with van der Waals surface area (Å²) in [7, 11) is 0. The van der Waals surface area contributed by atoms with Gasteiger partial charge in [0.05, 0.1) is 0 Å². The van der Waals surface area contributed by atoms with Gasteiger partial charge in [0.25, 0.3) is 5.92 Å². The smallest absolute Gasteiger partial charge is 0.410 e. The summed E-state index contributed by atoms with van der Waals surface area (Å²) in [6, 6.07) is 0. The van der Waals surface area contributed by atoms with Crippen LogP contribution in [-0.4, -0.2) is 51.7 Å². The zero-order chi connectivity index (χ0) is 17.4. The summed E-state index contributed by atoms with van der Waals surface area (Å²) in [4.78, 5) is 27.7. The maximum atomic E-state index is 14.1. The van der Waals surface area contributed by atoms with Gasteiger partial charge in [-0.1, -0.05) is 5.16 Å². The number of nitrogens with zero attached hydrogens (tertiary/aromatic N) is 3. The third kappa shape index (κ3) is 3.93. The van der Waals surface area contributed by atoms with E-state index in [0.717, 1.165) is 4.90 Å². The van der Waals surface area contributed by atoms with E-state index in [-0.39, 0.29) is 18.9 Å². The molecule has 0 radical (unpaired) electrons. The lowest BCUT2D eigenvalue weighted by atomic mass is 9.93. The Morgan fingerprint density at radius 3 is 2.61 bits per heavy atom. The molecular weight excluding hydrogens is 314 g/mol. The number of hydrogen-bond donors (Lipinski definition) is 1. The van der Waals surface area contributed by atoms with E-state index in [2.05, 4.69) is 14.7 Å². The molecule has 2 N–H and O–H groups in total. The third-order valence-corrected chi connectivity index (χ3v) is 3.24. The Kier molecular flexibility index (Phi) is 4.27. The second-order valence-electron chi connectivity index (χ2n) is 6.31. The van der Waals surface area contributed by atoms with Crippen molar-refractivity contribution in [2.24, 2.45) is 5.73 Å². The van der Waals surface area contributed by atoms with Crippen molar-refractivity contribution in [1.29, 1.82) is 0 Å². The number of alkyl halides is 2. The SMILES string of the molecule is CC(C)(C)OC(=O)N1CCC(F)(F)C(c2noc(C(N)=O)n2)C1. The number of hydrogen-bond acceptors (Lipinski definition) is 6. The van der Waals surface area contributed by atoms with E-state index in [1.165, 1.54) is 0 Å². The number of amides is 2. The van der Waals surface area contributed by atoms with Gasteiger partial charge in [0.1, 0.15) is 11.5 Å². The number of primary amides is 1. The maximum Gasteiger partial charge on any atom is 0.410 e. The molecule has 1 fully saturated rings. The summed E-state index contributed by atoms with van der Waals surface area (Å²) < 4.78 is 38.0. The first-order valence-electron chi connectivity index (χ1n) is 6.99. The second-order valence-corrected chi connectivity index (χ2v) is 6.31. The highest BCUT2D eigenvalue weighted by Gasteiger charge is 2.49. The number of aromatic nitrogens is 2. The Morgan fingerprint density at radius 1 is 1.43 bits per heavy atom. The van der Waals surface area contributed by atoms with Crippen LogP contribution in [0.4, 0.5) is 13.6 Å². The zero-order valence-corrected chi connectivity index (χ0v) is 13.0. The molecule has 10 heteroatoms. The molecule has 2 heterocycles. The number of ether oxygens (including phenoxy) is 1. The molecule has 8 nitrogen and oxygen atoms in total. The van der Waals surface area contributed by atoms with Crippen molar-refractivity contribution in [3.05, 3.63) is 11.7 Å². The summed E-state index contributed by atoms with van der Waals surface area (Å²) in [6.45, 7) is 4.54. The topological polar surface area (TPSA) is 112 Å². The molecule has 1 aliphatic heterocycles. The first kappa shape index (κ1) is 17.1. The largest absolute Gasteiger partial charge is 0.444 e. The van der Waals surface area contributed by atoms with Gasteiger partial charge in [-0.05, 0) is 20.8 Å². The first-order chi connectivity index (χ1) is 10.5. The number of carbonyl (C=O) groups excluding carboxylic acids is 2. The number of halogens is 2. The summed E-state index contributed by atoms with van der Waals surface area (Å²) >= 11 is 0. The van der Waals surface area contributed by atoms with E-state index in [0.29, 0.717) is 0 Å². The van der Waals surface area contributed by atoms with Crippen LogP contribution in [0.2, 0.25) is 0 Å². The van der Waals surface area contributed by atoms with Crippen molar-refractivity contribution in [2.75, 3.05) is 13.1 Å². The maximum absolute atomic E-state index is 14.1. The van der Waals surface area contributed by atoms with Crippen molar-refractivity contribution >= 4 is 12.0 Å². The standard InChI is InChI=1S/C13H18F2N4O4/c1-12(2,3)22-11(21)19-5-4-13(14,15)7(6-19)9-17-10(8(16)20)23-18-9/h7H,4-6H2,1-3H3,(H2,16,20). The highest BCUT2D eigenvalue weighted by atomic mass is 19.3. The highest BCUT2D eigenvalue weighted by molar-refractivity contribution is 5.87. The Labute approximate surface area is 130 Å². The van der Waals surface area contributed by atoms with Gasteiger partial charge in [-0.15, -0.1) is 0 Å². The number of rotatable bonds is 2. The Balaban J connectivity index is 2.18. The first-order valence-corrected chi connectivity index (χ1v) is 6.99. The van der Waals surface area contributed by atoms with E-state index in [1.807, 2.05) is 0 Å². The van der Waals surface area contributed by atoms with Crippen molar-refractivity contribution in [2.45, 2.75) is 44.6 Å². The number of likely N-dealkylation sites (tertiary alicyclic amines) is 1. The molecular formula is C13H18F2N4O4. The van der Waals surface area contributed by atoms with Gasteiger partial charge in [0.15, 0.2) is 5.82 Å². The quantitative estimate of drug-likeness (QED) is 0.879. The molecule has 0 bridgehead atoms. The average molecular weight is 332 g/mol. The monoisotopic (exact) mass is 332 g/mol. The van der Waals surface area contributed by atoms with Gasteiger partial charge in [0.2, 0.25) is 0 Å². The molecule has 1 aromatic heterocycles. The van der Waals surface area contributed by atoms with Gasteiger partial charge >= 0.3 is 17.9 Å². The normalized spacial score (nSPS) is 21.1. The van der Waals surface area contributed by atoms with E-state index >= 15 is 0 Å². The minimum Gasteiger partial charge on any atom is -0.444 e. The highest BCUT2D eigenvalue weighted by Crippen LogP contribution is 2.39. The van der Waals surface area contributed by atoms with Crippen LogP contribution >= 0.6 is 0 Å². The Morgan fingerprint density at radius 2 is 2.09 bits per heavy atom. The van der Waals surface area contributed by atoms with Crippen molar-refractivity contribution in [3.8, 4) is 0 Å². The Bertz CT molecular complexity index is 611. The summed E-state index contributed by atoms with van der Waals surface area (Å²) in [5.41, 5.74) is 4.22. The van der Waals surface area contributed by atoms with Gasteiger partial charge in [-0.2, -0.15) is 4.98 Å². The molecule has 0 spiro atoms. The molecule has 1 saturated heterocycles. The molecule has 1 unspecified atom stereocenters. The number of carbonyl (C=O) groups is 2. The van der Waals surface area contributed by atoms with Crippen LogP contribution in [0.5, 0.6) is 0 Å². The molecule has 2 amide bonds. The van der Waals surface area contributed by atoms with E-state index in [9.17, 15) is 18.4 Å². The van der Waals surface area contributed by atoms with Crippen LogP contribution in [0.3, 0.4) is 0 Å². The fraction of sp³-hybridized carbons (Fsp3) is 0.692. The zero-order valence-electron chi connectivity index (χ0n) is 13.0. The third-order valence-electron chi connectivity index (χ3n) is 3.24. The lowest BCUT2D eigenvalue weighted by Crippen LogP contribution is -2.49. The second kappa shape index (κ2) is 5.74. The van der Waals surface area contributed by atoms with Gasteiger partial charge in [0, 0.05) is 19.5 Å². The summed E-state index contributed by atoms with van der Waals surface area (Å²) in [5.74, 6) is -6.56. The lowest BCUT2D eigenvalue weighted by Gasteiger charge is -2.37. The molecule has 0 saturated carbocycles. The van der Waals surface area contributed by atoms with E-state index in [1.54, 1.807) is 20.8 Å². The van der Waals surface area contributed by atoms with Crippen molar-refractivity contribution in [1.82, 2.24) is 15.0 Å². The lowest BCUT2D eigenvalue weighted by molar-refractivity contribution is -0.0796. The predicted octanol–water partition coefficient (Wildman–Crippen LogP) is 1.53. The van der Waals surface area contributed by atoms with Crippen molar-refractivity contribution in [3.63, 3.8) is 0 Å². The van der Waals surface area contributed by atoms with Crippen LogP contribution in [0.1, 0.15) is 49.6 Å². The molecule has 1 atom stereocenters. The molecule has 1 aliphatic rings. The Hall–Kier alpha value is -2.26. The van der Waals surface area contributed by atoms with Crippen LogP contribution in [0, 0.1) is 0 Å². The van der Waals surface area contributed by atoms with Crippen LogP contribution in [-0.2, 0) is 4.74 Å². The number of piperidine rings is 1. The molecule has 23 heavy (non-hydrogen) atoms. The van der Waals surface area contributed by atoms with Gasteiger partial charge in [-0.3, -0.25) is 4.79 Å². The minimum absolute atomic E-state index is 0.154. The predicted molar refractivity (Wildman–Crippen MR) is 72.9 cm³/mol. The van der Waals surface area contributed by atoms with Crippen LogP contribution < -0.4 is 5.73 Å². The van der Waals surface area contributed by atoms with E-state index in [4.69, 9.17) is 10.5 Å². The fourth-order valence-electron chi connectivity index (χ4n) is 2.14. The average Bonchev–Trinajstić information content (AvgIpc) is 2.85. The summed E-state index contributed by atoms with van der Waals surface area (Å²) in [6.07, 6.45) is -1.27.